The van der Waals surface area contributed by atoms with Gasteiger partial charge < -0.3 is 5.32 Å². The molecule has 2 heterocycles. The highest BCUT2D eigenvalue weighted by Crippen LogP contribution is 2.34. The Hall–Kier alpha value is -1.84. The smallest absolute Gasteiger partial charge is 0.324 e. The number of thioether (sulfide) groups is 1. The monoisotopic (exact) mass is 431 g/mol. The predicted octanol–water partition coefficient (Wildman–Crippen LogP) is 5.66. The van der Waals surface area contributed by atoms with E-state index in [4.69, 9.17) is 11.6 Å². The summed E-state index contributed by atoms with van der Waals surface area (Å²) in [6.07, 6.45) is -2.21. The van der Waals surface area contributed by atoms with Gasteiger partial charge in [0.05, 0.1) is 22.0 Å². The number of rotatable bonds is 5. The third-order valence-corrected chi connectivity index (χ3v) is 6.12. The molecular formula is C17H13ClF3N3OS2. The Balaban J connectivity index is 1.71. The molecule has 10 heteroatoms. The van der Waals surface area contributed by atoms with Gasteiger partial charge in [0.2, 0.25) is 5.91 Å². The van der Waals surface area contributed by atoms with Crippen molar-refractivity contribution < 1.29 is 18.0 Å². The number of benzene rings is 1. The molecule has 0 bridgehead atoms. The minimum atomic E-state index is -4.51. The summed E-state index contributed by atoms with van der Waals surface area (Å²) in [5, 5.41) is 3.99. The van der Waals surface area contributed by atoms with Crippen molar-refractivity contribution in [1.82, 2.24) is 9.97 Å². The van der Waals surface area contributed by atoms with Crippen molar-refractivity contribution in [3.05, 3.63) is 46.1 Å². The Morgan fingerprint density at radius 2 is 2.07 bits per heavy atom. The number of carbonyl (C=O) groups excluding carboxylic acids is 1. The van der Waals surface area contributed by atoms with Gasteiger partial charge >= 0.3 is 6.18 Å². The van der Waals surface area contributed by atoms with Gasteiger partial charge in [0, 0.05) is 10.3 Å². The van der Waals surface area contributed by atoms with Crippen molar-refractivity contribution in [2.24, 2.45) is 0 Å². The van der Waals surface area contributed by atoms with Crippen molar-refractivity contribution in [1.29, 1.82) is 0 Å². The number of anilines is 1. The summed E-state index contributed by atoms with van der Waals surface area (Å²) in [4.78, 5) is 22.6. The van der Waals surface area contributed by atoms with Gasteiger partial charge in [0.15, 0.2) is 0 Å². The molecule has 0 atom stereocenters. The van der Waals surface area contributed by atoms with Crippen LogP contribution < -0.4 is 5.32 Å². The number of fused-ring (bicyclic) bond motifs is 1. The quantitative estimate of drug-likeness (QED) is 0.418. The second kappa shape index (κ2) is 8.04. The van der Waals surface area contributed by atoms with E-state index in [9.17, 15) is 18.0 Å². The second-order valence-corrected chi connectivity index (χ2v) is 7.98. The minimum absolute atomic E-state index is 0.0179. The number of halogens is 4. The van der Waals surface area contributed by atoms with Gasteiger partial charge in [-0.15, -0.1) is 11.3 Å². The third-order valence-electron chi connectivity index (χ3n) is 3.60. The van der Waals surface area contributed by atoms with Crippen LogP contribution in [-0.2, 0) is 17.4 Å². The number of amides is 1. The minimum Gasteiger partial charge on any atom is -0.324 e. The van der Waals surface area contributed by atoms with E-state index in [0.29, 0.717) is 5.03 Å². The maximum Gasteiger partial charge on any atom is 0.416 e. The van der Waals surface area contributed by atoms with E-state index < -0.39 is 17.6 Å². The van der Waals surface area contributed by atoms with Crippen LogP contribution in [0.25, 0.3) is 10.2 Å². The van der Waals surface area contributed by atoms with Gasteiger partial charge in [0.1, 0.15) is 16.2 Å². The number of aromatic nitrogens is 2. The molecule has 0 aliphatic rings. The molecule has 0 spiro atoms. The third kappa shape index (κ3) is 4.72. The lowest BCUT2D eigenvalue weighted by atomic mass is 10.2. The summed E-state index contributed by atoms with van der Waals surface area (Å²) in [7, 11) is 0. The molecule has 1 aromatic carbocycles. The number of hydrogen-bond acceptors (Lipinski definition) is 5. The van der Waals surface area contributed by atoms with Crippen molar-refractivity contribution in [3.8, 4) is 0 Å². The highest BCUT2D eigenvalue weighted by molar-refractivity contribution is 8.00. The number of aryl methyl sites for hydroxylation is 1. The van der Waals surface area contributed by atoms with E-state index in [1.54, 1.807) is 11.3 Å². The normalized spacial score (nSPS) is 11.7. The highest BCUT2D eigenvalue weighted by Gasteiger charge is 2.31. The molecule has 0 unspecified atom stereocenters. The van der Waals surface area contributed by atoms with Crippen molar-refractivity contribution in [3.63, 3.8) is 0 Å². The van der Waals surface area contributed by atoms with Crippen LogP contribution in [0.2, 0.25) is 5.02 Å². The van der Waals surface area contributed by atoms with Crippen LogP contribution in [-0.4, -0.2) is 21.6 Å². The summed E-state index contributed by atoms with van der Waals surface area (Å²) in [5.41, 5.74) is -0.952. The first-order chi connectivity index (χ1) is 12.8. The molecule has 0 aliphatic heterocycles. The van der Waals surface area contributed by atoms with Gasteiger partial charge in [-0.05, 0) is 30.7 Å². The van der Waals surface area contributed by atoms with Crippen LogP contribution in [0.4, 0.5) is 18.9 Å². The lowest BCUT2D eigenvalue weighted by molar-refractivity contribution is -0.137. The first-order valence-electron chi connectivity index (χ1n) is 7.80. The zero-order valence-electron chi connectivity index (χ0n) is 13.9. The Kier molecular flexibility index (Phi) is 5.92. The molecule has 0 saturated carbocycles. The predicted molar refractivity (Wildman–Crippen MR) is 103 cm³/mol. The molecule has 0 aliphatic carbocycles. The van der Waals surface area contributed by atoms with E-state index in [1.165, 1.54) is 18.1 Å². The van der Waals surface area contributed by atoms with Crippen LogP contribution in [0.15, 0.2) is 35.6 Å². The number of alkyl halides is 3. The number of nitrogens with one attached hydrogen (secondary N) is 1. The first kappa shape index (κ1) is 19.9. The molecule has 4 nitrogen and oxygen atoms in total. The molecule has 1 amide bonds. The molecular weight excluding hydrogens is 419 g/mol. The molecule has 0 saturated heterocycles. The van der Waals surface area contributed by atoms with Gasteiger partial charge in [-0.2, -0.15) is 13.2 Å². The Morgan fingerprint density at radius 3 is 2.78 bits per heavy atom. The average Bonchev–Trinajstić information content (AvgIpc) is 3.04. The standard InChI is InChI=1S/C17H13ClF3N3OS2/c1-2-10-6-11-15(22-8-23-16(11)27-10)26-7-14(25)24-13-5-9(17(19,20)21)3-4-12(13)18/h3-6,8H,2,7H2,1H3,(H,24,25). The number of carbonyl (C=O) groups is 1. The Labute approximate surface area is 166 Å². The van der Waals surface area contributed by atoms with Crippen LogP contribution in [0.1, 0.15) is 17.4 Å². The van der Waals surface area contributed by atoms with E-state index in [0.717, 1.165) is 39.7 Å². The van der Waals surface area contributed by atoms with Crippen LogP contribution in [0.5, 0.6) is 0 Å². The van der Waals surface area contributed by atoms with Crippen molar-refractivity contribution in [2.75, 3.05) is 11.1 Å². The van der Waals surface area contributed by atoms with Gasteiger partial charge in [0.25, 0.3) is 0 Å². The summed E-state index contributed by atoms with van der Waals surface area (Å²) in [6.45, 7) is 2.04. The summed E-state index contributed by atoms with van der Waals surface area (Å²) < 4.78 is 38.4. The molecule has 3 rings (SSSR count). The maximum absolute atomic E-state index is 12.8. The average molecular weight is 432 g/mol. The van der Waals surface area contributed by atoms with E-state index in [2.05, 4.69) is 15.3 Å². The van der Waals surface area contributed by atoms with Gasteiger partial charge in [-0.25, -0.2) is 9.97 Å². The van der Waals surface area contributed by atoms with Crippen LogP contribution in [0.3, 0.4) is 0 Å². The summed E-state index contributed by atoms with van der Waals surface area (Å²) in [6, 6.07) is 4.79. The van der Waals surface area contributed by atoms with E-state index in [1.807, 2.05) is 13.0 Å². The molecule has 3 aromatic rings. The molecule has 0 radical (unpaired) electrons. The number of thiophene rings is 1. The molecule has 142 valence electrons. The zero-order chi connectivity index (χ0) is 19.6. The molecule has 0 fully saturated rings. The van der Waals surface area contributed by atoms with Gasteiger partial charge in [-0.3, -0.25) is 4.79 Å². The second-order valence-electron chi connectivity index (χ2n) is 5.49. The van der Waals surface area contributed by atoms with Gasteiger partial charge in [-0.1, -0.05) is 30.3 Å². The topological polar surface area (TPSA) is 54.9 Å². The SMILES string of the molecule is CCc1cc2c(SCC(=O)Nc3cc(C(F)(F)F)ccc3Cl)ncnc2s1. The lowest BCUT2D eigenvalue weighted by Crippen LogP contribution is -2.15. The summed E-state index contributed by atoms with van der Waals surface area (Å²) >= 11 is 8.66. The van der Waals surface area contributed by atoms with Crippen molar-refractivity contribution >= 4 is 56.5 Å². The molecule has 27 heavy (non-hydrogen) atoms. The number of nitrogens with zero attached hydrogens (tertiary/aromatic N) is 2. The molecule has 2 aromatic heterocycles. The largest absolute Gasteiger partial charge is 0.416 e. The van der Waals surface area contributed by atoms with Crippen LogP contribution in [0, 0.1) is 0 Å². The fraction of sp³-hybridized carbons (Fsp3) is 0.235. The maximum atomic E-state index is 12.8. The van der Waals surface area contributed by atoms with E-state index in [-0.39, 0.29) is 16.5 Å². The Bertz CT molecular complexity index is 991. The molecule has 1 N–H and O–H groups in total. The van der Waals surface area contributed by atoms with E-state index >= 15 is 0 Å². The van der Waals surface area contributed by atoms with Crippen molar-refractivity contribution in [2.45, 2.75) is 24.5 Å². The van der Waals surface area contributed by atoms with Crippen LogP contribution >= 0.6 is 34.7 Å². The highest BCUT2D eigenvalue weighted by atomic mass is 35.5. The summed E-state index contributed by atoms with van der Waals surface area (Å²) in [5.74, 6) is -0.491. The first-order valence-corrected chi connectivity index (χ1v) is 9.98. The zero-order valence-corrected chi connectivity index (χ0v) is 16.3. The lowest BCUT2D eigenvalue weighted by Gasteiger charge is -2.11. The number of hydrogen-bond donors (Lipinski definition) is 1. The fourth-order valence-electron chi connectivity index (χ4n) is 2.29. The Morgan fingerprint density at radius 1 is 1.30 bits per heavy atom. The fourth-order valence-corrected chi connectivity index (χ4v) is 4.23.